The van der Waals surface area contributed by atoms with Crippen LogP contribution >= 0.6 is 23.1 Å². The number of hydrogen-bond acceptors (Lipinski definition) is 6. The Morgan fingerprint density at radius 3 is 3.17 bits per heavy atom. The van der Waals surface area contributed by atoms with Crippen LogP contribution in [0.3, 0.4) is 0 Å². The monoisotopic (exact) mass is 347 g/mol. The van der Waals surface area contributed by atoms with Gasteiger partial charge < -0.3 is 9.55 Å². The zero-order valence-corrected chi connectivity index (χ0v) is 14.6. The maximum Gasteiger partial charge on any atom is 0.259 e. The van der Waals surface area contributed by atoms with Gasteiger partial charge >= 0.3 is 0 Å². The maximum absolute atomic E-state index is 12.5. The van der Waals surface area contributed by atoms with Crippen molar-refractivity contribution in [2.24, 2.45) is 13.0 Å². The Bertz CT molecular complexity index is 926. The third kappa shape index (κ3) is 2.70. The molecule has 23 heavy (non-hydrogen) atoms. The fourth-order valence-corrected chi connectivity index (χ4v) is 5.16. The minimum absolute atomic E-state index is 0.00406. The van der Waals surface area contributed by atoms with Crippen LogP contribution in [-0.2, 0) is 25.6 Å². The number of hydrogen-bond donors (Lipinski definition) is 1. The Labute approximate surface area is 141 Å². The second-order valence-corrected chi connectivity index (χ2v) is 8.08. The highest BCUT2D eigenvalue weighted by Crippen LogP contribution is 2.35. The second kappa shape index (κ2) is 5.76. The van der Waals surface area contributed by atoms with Crippen LogP contribution in [0, 0.1) is 5.92 Å². The van der Waals surface area contributed by atoms with Crippen LogP contribution in [0.2, 0.25) is 0 Å². The number of thiophene rings is 1. The highest BCUT2D eigenvalue weighted by Gasteiger charge is 2.23. The van der Waals surface area contributed by atoms with Gasteiger partial charge in [-0.15, -0.1) is 21.5 Å². The van der Waals surface area contributed by atoms with Crippen LogP contribution in [0.4, 0.5) is 0 Å². The number of nitrogens with zero attached hydrogens (tertiary/aromatic N) is 4. The second-order valence-electron chi connectivity index (χ2n) is 6.06. The molecule has 6 nitrogen and oxygen atoms in total. The van der Waals surface area contributed by atoms with E-state index in [-0.39, 0.29) is 5.56 Å². The van der Waals surface area contributed by atoms with Crippen molar-refractivity contribution in [2.45, 2.75) is 37.1 Å². The molecule has 1 N–H and O–H groups in total. The molecule has 0 fully saturated rings. The van der Waals surface area contributed by atoms with E-state index in [1.807, 2.05) is 11.6 Å². The van der Waals surface area contributed by atoms with E-state index < -0.39 is 0 Å². The number of aromatic amines is 1. The highest BCUT2D eigenvalue weighted by atomic mass is 32.2. The molecule has 4 rings (SSSR count). The molecular weight excluding hydrogens is 330 g/mol. The first-order chi connectivity index (χ1) is 11.1. The van der Waals surface area contributed by atoms with E-state index in [1.54, 1.807) is 17.7 Å². The lowest BCUT2D eigenvalue weighted by molar-refractivity contribution is 0.509. The summed E-state index contributed by atoms with van der Waals surface area (Å²) in [5, 5.41) is 9.51. The van der Waals surface area contributed by atoms with Crippen LogP contribution in [0.25, 0.3) is 10.2 Å². The highest BCUT2D eigenvalue weighted by molar-refractivity contribution is 7.98. The van der Waals surface area contributed by atoms with Crippen LogP contribution in [-0.4, -0.2) is 24.7 Å². The standard InChI is InChI=1S/C15H17N5OS2/c1-8-3-4-9-10(5-8)23-14-12(9)13(21)17-11(18-14)6-22-15-19-16-7-20(15)2/h7-8H,3-6H2,1-2H3,(H,17,18,21)/t8-/m0/s1. The van der Waals surface area contributed by atoms with Gasteiger partial charge in [0, 0.05) is 11.9 Å². The Morgan fingerprint density at radius 1 is 1.52 bits per heavy atom. The first-order valence-electron chi connectivity index (χ1n) is 7.62. The molecule has 0 spiro atoms. The van der Waals surface area contributed by atoms with E-state index in [9.17, 15) is 4.79 Å². The lowest BCUT2D eigenvalue weighted by Gasteiger charge is -2.17. The van der Waals surface area contributed by atoms with E-state index in [0.717, 1.165) is 34.6 Å². The van der Waals surface area contributed by atoms with Crippen molar-refractivity contribution in [2.75, 3.05) is 0 Å². The molecule has 8 heteroatoms. The maximum atomic E-state index is 12.5. The molecule has 120 valence electrons. The summed E-state index contributed by atoms with van der Waals surface area (Å²) in [6.07, 6.45) is 4.88. The van der Waals surface area contributed by atoms with Gasteiger partial charge in [0.15, 0.2) is 5.16 Å². The minimum atomic E-state index is -0.00406. The Balaban J connectivity index is 1.67. The summed E-state index contributed by atoms with van der Waals surface area (Å²) >= 11 is 3.21. The summed E-state index contributed by atoms with van der Waals surface area (Å²) in [4.78, 5) is 22.4. The average molecular weight is 347 g/mol. The van der Waals surface area contributed by atoms with Crippen molar-refractivity contribution in [3.8, 4) is 0 Å². The third-order valence-corrected chi connectivity index (χ3v) is 6.42. The van der Waals surface area contributed by atoms with Crippen molar-refractivity contribution in [3.05, 3.63) is 32.9 Å². The molecule has 0 bridgehead atoms. The fourth-order valence-electron chi connectivity index (χ4n) is 3.00. The van der Waals surface area contributed by atoms with Gasteiger partial charge in [0.2, 0.25) is 0 Å². The smallest absolute Gasteiger partial charge is 0.259 e. The number of aromatic nitrogens is 5. The lowest BCUT2D eigenvalue weighted by atomic mass is 9.89. The largest absolute Gasteiger partial charge is 0.312 e. The minimum Gasteiger partial charge on any atom is -0.312 e. The molecule has 1 atom stereocenters. The number of thioether (sulfide) groups is 1. The van der Waals surface area contributed by atoms with Crippen molar-refractivity contribution in [1.82, 2.24) is 24.7 Å². The van der Waals surface area contributed by atoms with Gasteiger partial charge in [0.05, 0.1) is 11.1 Å². The molecule has 1 aliphatic rings. The summed E-state index contributed by atoms with van der Waals surface area (Å²) in [5.74, 6) is 1.97. The van der Waals surface area contributed by atoms with E-state index >= 15 is 0 Å². The third-order valence-electron chi connectivity index (χ3n) is 4.22. The van der Waals surface area contributed by atoms with Gasteiger partial charge in [-0.25, -0.2) is 4.98 Å². The first kappa shape index (κ1) is 14.9. The van der Waals surface area contributed by atoms with E-state index in [4.69, 9.17) is 0 Å². The molecule has 3 aromatic heterocycles. The predicted octanol–water partition coefficient (Wildman–Crippen LogP) is 2.53. The Hall–Kier alpha value is -1.67. The van der Waals surface area contributed by atoms with Gasteiger partial charge in [-0.1, -0.05) is 18.7 Å². The van der Waals surface area contributed by atoms with E-state index in [0.29, 0.717) is 17.5 Å². The number of H-pyrrole nitrogens is 1. The molecule has 0 aliphatic heterocycles. The number of rotatable bonds is 3. The zero-order chi connectivity index (χ0) is 16.0. The molecule has 0 aromatic carbocycles. The van der Waals surface area contributed by atoms with Crippen LogP contribution in [0.1, 0.15) is 29.6 Å². The van der Waals surface area contributed by atoms with Crippen LogP contribution in [0.15, 0.2) is 16.3 Å². The predicted molar refractivity (Wildman–Crippen MR) is 92.0 cm³/mol. The van der Waals surface area contributed by atoms with Gasteiger partial charge in [-0.05, 0) is 30.7 Å². The SMILES string of the molecule is C[C@H]1CCc2c(sc3nc(CSc4nncn4C)[nH]c(=O)c23)C1. The molecule has 0 amide bonds. The van der Waals surface area contributed by atoms with Crippen molar-refractivity contribution in [1.29, 1.82) is 0 Å². The zero-order valence-electron chi connectivity index (χ0n) is 13.0. The molecule has 0 saturated carbocycles. The number of nitrogens with one attached hydrogen (secondary N) is 1. The summed E-state index contributed by atoms with van der Waals surface area (Å²) in [6, 6.07) is 0. The topological polar surface area (TPSA) is 76.5 Å². The Morgan fingerprint density at radius 2 is 2.39 bits per heavy atom. The average Bonchev–Trinajstić information content (AvgIpc) is 3.07. The summed E-state index contributed by atoms with van der Waals surface area (Å²) in [6.45, 7) is 2.27. The molecule has 3 heterocycles. The van der Waals surface area contributed by atoms with Crippen molar-refractivity contribution in [3.63, 3.8) is 0 Å². The van der Waals surface area contributed by atoms with Gasteiger partial charge in [-0.3, -0.25) is 4.79 Å². The molecule has 0 radical (unpaired) electrons. The lowest BCUT2D eigenvalue weighted by Crippen LogP contribution is -2.14. The normalized spacial score (nSPS) is 17.6. The molecular formula is C15H17N5OS2. The van der Waals surface area contributed by atoms with Crippen molar-refractivity contribution >= 4 is 33.3 Å². The molecule has 3 aromatic rings. The fraction of sp³-hybridized carbons (Fsp3) is 0.467. The van der Waals surface area contributed by atoms with Gasteiger partial charge in [-0.2, -0.15) is 0 Å². The van der Waals surface area contributed by atoms with Crippen LogP contribution in [0.5, 0.6) is 0 Å². The summed E-state index contributed by atoms with van der Waals surface area (Å²) in [5.41, 5.74) is 1.22. The summed E-state index contributed by atoms with van der Waals surface area (Å²) in [7, 11) is 1.90. The molecule has 1 aliphatic carbocycles. The van der Waals surface area contributed by atoms with Gasteiger partial charge in [0.1, 0.15) is 17.0 Å². The van der Waals surface area contributed by atoms with Gasteiger partial charge in [0.25, 0.3) is 5.56 Å². The summed E-state index contributed by atoms with van der Waals surface area (Å²) < 4.78 is 1.85. The first-order valence-corrected chi connectivity index (χ1v) is 9.42. The Kier molecular flexibility index (Phi) is 3.73. The molecule has 0 saturated heterocycles. The number of fused-ring (bicyclic) bond motifs is 3. The van der Waals surface area contributed by atoms with Crippen LogP contribution < -0.4 is 5.56 Å². The van der Waals surface area contributed by atoms with E-state index in [1.165, 1.54) is 22.2 Å². The van der Waals surface area contributed by atoms with Crippen molar-refractivity contribution < 1.29 is 0 Å². The molecule has 0 unspecified atom stereocenters. The number of aryl methyl sites for hydroxylation is 2. The van der Waals surface area contributed by atoms with E-state index in [2.05, 4.69) is 27.1 Å². The quantitative estimate of drug-likeness (QED) is 0.737.